The first-order valence-corrected chi connectivity index (χ1v) is 8.10. The van der Waals surface area contributed by atoms with Crippen molar-refractivity contribution in [1.29, 1.82) is 0 Å². The van der Waals surface area contributed by atoms with E-state index in [9.17, 15) is 24.5 Å². The molecule has 1 aromatic carbocycles. The Hall–Kier alpha value is -2.81. The number of carbonyl (C=O) groups excluding carboxylic acids is 3. The number of non-ortho nitro benzene ring substituents is 1. The molecule has 0 aliphatic heterocycles. The van der Waals surface area contributed by atoms with Crippen molar-refractivity contribution < 1.29 is 24.0 Å². The van der Waals surface area contributed by atoms with Crippen LogP contribution in [0.5, 0.6) is 0 Å². The average molecular weight is 365 g/mol. The molecular weight excluding hydrogens is 342 g/mol. The second-order valence-corrected chi connectivity index (χ2v) is 5.97. The number of ketones is 1. The first-order valence-electron chi connectivity index (χ1n) is 8.10. The van der Waals surface area contributed by atoms with Gasteiger partial charge in [-0.15, -0.1) is 0 Å². The third kappa shape index (κ3) is 5.09. The van der Waals surface area contributed by atoms with Gasteiger partial charge in [-0.25, -0.2) is 4.79 Å². The molecule has 0 fully saturated rings. The van der Waals surface area contributed by atoms with Crippen molar-refractivity contribution in [2.45, 2.75) is 44.7 Å². The number of nitro benzene ring substituents is 1. The van der Waals surface area contributed by atoms with Crippen LogP contribution in [0, 0.1) is 10.1 Å². The second-order valence-electron chi connectivity index (χ2n) is 5.97. The number of hydrogen-bond donors (Lipinski definition) is 2. The zero-order chi connectivity index (χ0) is 19.9. The molecule has 0 heterocycles. The highest BCUT2D eigenvalue weighted by Gasteiger charge is 2.44. The maximum Gasteiger partial charge on any atom is 0.333 e. The zero-order valence-electron chi connectivity index (χ0n) is 15.0. The van der Waals surface area contributed by atoms with E-state index in [1.165, 1.54) is 25.1 Å². The van der Waals surface area contributed by atoms with E-state index in [1.807, 2.05) is 0 Å². The van der Waals surface area contributed by atoms with Gasteiger partial charge < -0.3 is 15.8 Å². The molecule has 0 saturated heterocycles. The van der Waals surface area contributed by atoms with Crippen LogP contribution < -0.4 is 11.1 Å². The average Bonchev–Trinajstić information content (AvgIpc) is 2.60. The maximum atomic E-state index is 12.6. The molecule has 0 unspecified atom stereocenters. The SMILES string of the molecule is CCC[C@@](N)(C(=O)OC)C(=O)[C@H](C)NC(=O)Cc1cccc([N+](=O)[O-])c1. The van der Waals surface area contributed by atoms with Crippen LogP contribution in [-0.4, -0.2) is 41.3 Å². The number of nitro groups is 1. The van der Waals surface area contributed by atoms with Gasteiger partial charge in [0.05, 0.1) is 24.5 Å². The molecular formula is C17H23N3O6. The van der Waals surface area contributed by atoms with Gasteiger partial charge in [0.1, 0.15) is 0 Å². The van der Waals surface area contributed by atoms with E-state index < -0.39 is 34.2 Å². The number of nitrogens with two attached hydrogens (primary N) is 1. The first-order chi connectivity index (χ1) is 12.2. The lowest BCUT2D eigenvalue weighted by atomic mass is 9.86. The Morgan fingerprint density at radius 1 is 1.38 bits per heavy atom. The fourth-order valence-corrected chi connectivity index (χ4v) is 2.61. The number of rotatable bonds is 9. The third-order valence-corrected chi connectivity index (χ3v) is 3.89. The Labute approximate surface area is 151 Å². The molecule has 2 atom stereocenters. The van der Waals surface area contributed by atoms with Gasteiger partial charge in [-0.1, -0.05) is 25.5 Å². The molecule has 0 spiro atoms. The van der Waals surface area contributed by atoms with E-state index in [0.29, 0.717) is 12.0 Å². The number of carbonyl (C=O) groups is 3. The number of ether oxygens (including phenoxy) is 1. The molecule has 9 heteroatoms. The van der Waals surface area contributed by atoms with Crippen LogP contribution in [0.25, 0.3) is 0 Å². The highest BCUT2D eigenvalue weighted by atomic mass is 16.6. The maximum absolute atomic E-state index is 12.6. The number of Topliss-reactive ketones (excluding diaryl/α,β-unsaturated/α-hetero) is 1. The first kappa shape index (κ1) is 21.2. The largest absolute Gasteiger partial charge is 0.467 e. The van der Waals surface area contributed by atoms with Gasteiger partial charge >= 0.3 is 5.97 Å². The van der Waals surface area contributed by atoms with Crippen molar-refractivity contribution in [2.24, 2.45) is 5.73 Å². The number of nitrogens with one attached hydrogen (secondary N) is 1. The molecule has 1 aromatic rings. The van der Waals surface area contributed by atoms with Crippen molar-refractivity contribution in [3.8, 4) is 0 Å². The van der Waals surface area contributed by atoms with E-state index in [4.69, 9.17) is 5.73 Å². The van der Waals surface area contributed by atoms with Crippen molar-refractivity contribution in [3.05, 3.63) is 39.9 Å². The van der Waals surface area contributed by atoms with Crippen molar-refractivity contribution >= 4 is 23.3 Å². The number of hydrogen-bond acceptors (Lipinski definition) is 7. The minimum absolute atomic E-state index is 0.0869. The van der Waals surface area contributed by atoms with Crippen LogP contribution >= 0.6 is 0 Å². The van der Waals surface area contributed by atoms with Gasteiger partial charge in [-0.3, -0.25) is 19.7 Å². The van der Waals surface area contributed by atoms with Gasteiger partial charge in [-0.05, 0) is 18.9 Å². The molecule has 9 nitrogen and oxygen atoms in total. The summed E-state index contributed by atoms with van der Waals surface area (Å²) in [7, 11) is 1.14. The number of amides is 1. The Morgan fingerprint density at radius 2 is 2.04 bits per heavy atom. The molecule has 26 heavy (non-hydrogen) atoms. The molecule has 0 saturated carbocycles. The van der Waals surface area contributed by atoms with Crippen molar-refractivity contribution in [3.63, 3.8) is 0 Å². The monoisotopic (exact) mass is 365 g/mol. The summed E-state index contributed by atoms with van der Waals surface area (Å²) in [6.45, 7) is 3.19. The van der Waals surface area contributed by atoms with Crippen LogP contribution in [0.3, 0.4) is 0 Å². The fourth-order valence-electron chi connectivity index (χ4n) is 2.61. The van der Waals surface area contributed by atoms with Gasteiger partial charge in [0.2, 0.25) is 5.91 Å². The van der Waals surface area contributed by atoms with Crippen molar-refractivity contribution in [1.82, 2.24) is 5.32 Å². The quantitative estimate of drug-likeness (QED) is 0.286. The zero-order valence-corrected chi connectivity index (χ0v) is 15.0. The van der Waals surface area contributed by atoms with Crippen LogP contribution in [-0.2, 0) is 25.5 Å². The van der Waals surface area contributed by atoms with E-state index >= 15 is 0 Å². The molecule has 0 aliphatic carbocycles. The second kappa shape index (κ2) is 9.04. The van der Waals surface area contributed by atoms with E-state index in [0.717, 1.165) is 7.11 Å². The fraction of sp³-hybridized carbons (Fsp3) is 0.471. The molecule has 1 rings (SSSR count). The lowest BCUT2D eigenvalue weighted by molar-refractivity contribution is -0.384. The summed E-state index contributed by atoms with van der Waals surface area (Å²) in [6, 6.07) is 4.62. The van der Waals surface area contributed by atoms with Crippen LogP contribution in [0.15, 0.2) is 24.3 Å². The number of esters is 1. The Kier molecular flexibility index (Phi) is 7.39. The highest BCUT2D eigenvalue weighted by Crippen LogP contribution is 2.16. The Bertz CT molecular complexity index is 705. The van der Waals surface area contributed by atoms with Crippen LogP contribution in [0.2, 0.25) is 0 Å². The van der Waals surface area contributed by atoms with Gasteiger partial charge in [0.15, 0.2) is 11.3 Å². The molecule has 142 valence electrons. The third-order valence-electron chi connectivity index (χ3n) is 3.89. The highest BCUT2D eigenvalue weighted by molar-refractivity contribution is 6.11. The van der Waals surface area contributed by atoms with E-state index in [2.05, 4.69) is 10.1 Å². The minimum Gasteiger partial charge on any atom is -0.467 e. The lowest BCUT2D eigenvalue weighted by Gasteiger charge is -2.27. The topological polar surface area (TPSA) is 142 Å². The predicted octanol–water partition coefficient (Wildman–Crippen LogP) is 0.882. The number of nitrogens with zero attached hydrogens (tertiary/aromatic N) is 1. The Morgan fingerprint density at radius 3 is 2.58 bits per heavy atom. The summed E-state index contributed by atoms with van der Waals surface area (Å²) in [5.74, 6) is -2.03. The van der Waals surface area contributed by atoms with Crippen molar-refractivity contribution in [2.75, 3.05) is 7.11 Å². The molecule has 1 amide bonds. The lowest BCUT2D eigenvalue weighted by Crippen LogP contribution is -2.61. The summed E-state index contributed by atoms with van der Waals surface area (Å²) in [5, 5.41) is 13.2. The summed E-state index contributed by atoms with van der Waals surface area (Å²) < 4.78 is 4.61. The van der Waals surface area contributed by atoms with E-state index in [1.54, 1.807) is 13.0 Å². The summed E-state index contributed by atoms with van der Waals surface area (Å²) in [5.41, 5.74) is 4.40. The molecule has 0 aromatic heterocycles. The molecule has 3 N–H and O–H groups in total. The minimum atomic E-state index is -1.83. The molecule has 0 bridgehead atoms. The van der Waals surface area contributed by atoms with Crippen LogP contribution in [0.4, 0.5) is 5.69 Å². The van der Waals surface area contributed by atoms with E-state index in [-0.39, 0.29) is 18.5 Å². The standard InChI is InChI=1S/C17H23N3O6/c1-4-8-17(18,16(23)26-3)15(22)11(2)19-14(21)10-12-6-5-7-13(9-12)20(24)25/h5-7,9,11H,4,8,10,18H2,1-3H3,(H,19,21)/t11-,17-/m0/s1. The van der Waals surface area contributed by atoms with Gasteiger partial charge in [0, 0.05) is 12.1 Å². The molecule has 0 radical (unpaired) electrons. The summed E-state index contributed by atoms with van der Waals surface area (Å²) in [6.07, 6.45) is 0.415. The summed E-state index contributed by atoms with van der Waals surface area (Å²) in [4.78, 5) is 46.8. The normalized spacial score (nSPS) is 14.0. The summed E-state index contributed by atoms with van der Waals surface area (Å²) >= 11 is 0. The predicted molar refractivity (Wildman–Crippen MR) is 93.3 cm³/mol. The number of benzene rings is 1. The smallest absolute Gasteiger partial charge is 0.333 e. The molecule has 0 aliphatic rings. The Balaban J connectivity index is 2.82. The van der Waals surface area contributed by atoms with Gasteiger partial charge in [-0.2, -0.15) is 0 Å². The van der Waals surface area contributed by atoms with Gasteiger partial charge in [0.25, 0.3) is 5.69 Å². The van der Waals surface area contributed by atoms with Crippen LogP contribution in [0.1, 0.15) is 32.3 Å². The number of methoxy groups -OCH3 is 1.